The van der Waals surface area contributed by atoms with E-state index in [1.165, 1.54) is 9.48 Å². The predicted molar refractivity (Wildman–Crippen MR) is 40.6 cm³/mol. The van der Waals surface area contributed by atoms with Crippen LogP contribution in [-0.4, -0.2) is 58.0 Å². The van der Waals surface area contributed by atoms with Gasteiger partial charge in [-0.05, 0) is 0 Å². The maximum atomic E-state index is 10.3. The Labute approximate surface area is 69.5 Å². The average Bonchev–Trinajstić information content (AvgIpc) is 2.32. The molecule has 0 saturated carbocycles. The standard InChI is InChI=1S/C6H11N3O3/c7-6-8(3-5(11)12)1-2-9(6)4-10/h7,10H,1-4H2,(H,11,12)/p+1. The van der Waals surface area contributed by atoms with Gasteiger partial charge in [-0.15, -0.1) is 0 Å². The fourth-order valence-electron chi connectivity index (χ4n) is 1.14. The summed E-state index contributed by atoms with van der Waals surface area (Å²) in [6.45, 7) is 0.860. The molecule has 1 heterocycles. The highest BCUT2D eigenvalue weighted by molar-refractivity contribution is 5.76. The van der Waals surface area contributed by atoms with Crippen molar-refractivity contribution in [2.75, 3.05) is 26.4 Å². The zero-order valence-electron chi connectivity index (χ0n) is 6.60. The molecule has 0 bridgehead atoms. The second kappa shape index (κ2) is 3.40. The predicted octanol–water partition coefficient (Wildman–Crippen LogP) is -2.34. The first-order chi connectivity index (χ1) is 5.65. The highest BCUT2D eigenvalue weighted by Gasteiger charge is 2.26. The van der Waals surface area contributed by atoms with E-state index in [9.17, 15) is 4.79 Å². The van der Waals surface area contributed by atoms with Crippen molar-refractivity contribution >= 4 is 11.9 Å². The summed E-state index contributed by atoms with van der Waals surface area (Å²) in [7, 11) is 0. The van der Waals surface area contributed by atoms with Gasteiger partial charge in [0.25, 0.3) is 0 Å². The van der Waals surface area contributed by atoms with Gasteiger partial charge in [0, 0.05) is 0 Å². The minimum Gasteiger partial charge on any atom is -0.479 e. The molecule has 68 valence electrons. The van der Waals surface area contributed by atoms with Crippen molar-refractivity contribution in [2.45, 2.75) is 0 Å². The third kappa shape index (κ3) is 1.65. The van der Waals surface area contributed by atoms with Crippen LogP contribution in [0.5, 0.6) is 0 Å². The monoisotopic (exact) mass is 174 g/mol. The van der Waals surface area contributed by atoms with Gasteiger partial charge in [-0.1, -0.05) is 0 Å². The second-order valence-electron chi connectivity index (χ2n) is 2.58. The number of aliphatic hydroxyl groups is 1. The lowest BCUT2D eigenvalue weighted by Gasteiger charge is -2.04. The average molecular weight is 174 g/mol. The quantitative estimate of drug-likeness (QED) is 0.417. The van der Waals surface area contributed by atoms with Crippen LogP contribution in [-0.2, 0) is 4.79 Å². The minimum atomic E-state index is -0.919. The van der Waals surface area contributed by atoms with Crippen LogP contribution in [0.4, 0.5) is 0 Å². The fraction of sp³-hybridized carbons (Fsp3) is 0.667. The lowest BCUT2D eigenvalue weighted by Crippen LogP contribution is -2.38. The molecule has 4 N–H and O–H groups in total. The highest BCUT2D eigenvalue weighted by atomic mass is 16.4. The number of carboxylic acid groups (broad SMARTS) is 1. The van der Waals surface area contributed by atoms with E-state index in [1.54, 1.807) is 0 Å². The molecule has 0 atom stereocenters. The lowest BCUT2D eigenvalue weighted by atomic mass is 10.5. The number of hydrogen-bond donors (Lipinski definition) is 3. The summed E-state index contributed by atoms with van der Waals surface area (Å²) in [6, 6.07) is 0. The van der Waals surface area contributed by atoms with Crippen molar-refractivity contribution in [1.29, 1.82) is 0 Å². The first-order valence-electron chi connectivity index (χ1n) is 3.60. The Balaban J connectivity index is 2.64. The van der Waals surface area contributed by atoms with E-state index in [4.69, 9.17) is 15.9 Å². The van der Waals surface area contributed by atoms with Gasteiger partial charge in [0.2, 0.25) is 0 Å². The molecule has 0 amide bonds. The van der Waals surface area contributed by atoms with E-state index in [0.717, 1.165) is 0 Å². The second-order valence-corrected chi connectivity index (χ2v) is 2.58. The van der Waals surface area contributed by atoms with Crippen molar-refractivity contribution in [3.63, 3.8) is 0 Å². The van der Waals surface area contributed by atoms with Crippen LogP contribution in [0.25, 0.3) is 0 Å². The van der Waals surface area contributed by atoms with Gasteiger partial charge >= 0.3 is 11.9 Å². The largest absolute Gasteiger partial charge is 0.479 e. The van der Waals surface area contributed by atoms with Gasteiger partial charge in [0.05, 0.1) is 13.1 Å². The number of guanidine groups is 1. The third-order valence-electron chi connectivity index (χ3n) is 1.78. The van der Waals surface area contributed by atoms with E-state index >= 15 is 0 Å². The van der Waals surface area contributed by atoms with Gasteiger partial charge in [-0.3, -0.25) is 10.3 Å². The number of hydrogen-bond acceptors (Lipinski definition) is 4. The SMILES string of the molecule is NC1=[N+](CC(=O)O)CCN1CO. The number of nitrogens with two attached hydrogens (primary N) is 1. The smallest absolute Gasteiger partial charge is 0.348 e. The summed E-state index contributed by atoms with van der Waals surface area (Å²) < 4.78 is 1.51. The summed E-state index contributed by atoms with van der Waals surface area (Å²) >= 11 is 0. The number of aliphatic carboxylic acids is 1. The molecule has 0 aromatic rings. The van der Waals surface area contributed by atoms with Crippen LogP contribution in [0.15, 0.2) is 0 Å². The first kappa shape index (κ1) is 8.79. The number of aliphatic hydroxyl groups excluding tert-OH is 1. The maximum absolute atomic E-state index is 10.3. The van der Waals surface area contributed by atoms with Crippen LogP contribution < -0.4 is 5.73 Å². The first-order valence-corrected chi connectivity index (χ1v) is 3.60. The Hall–Kier alpha value is -1.30. The Morgan fingerprint density at radius 1 is 1.75 bits per heavy atom. The van der Waals surface area contributed by atoms with Crippen molar-refractivity contribution < 1.29 is 19.6 Å². The molecule has 0 saturated heterocycles. The molecular weight excluding hydrogens is 162 g/mol. The lowest BCUT2D eigenvalue weighted by molar-refractivity contribution is -0.509. The van der Waals surface area contributed by atoms with Crippen LogP contribution in [0.3, 0.4) is 0 Å². The molecule has 0 fully saturated rings. The van der Waals surface area contributed by atoms with Crippen molar-refractivity contribution in [3.8, 4) is 0 Å². The zero-order valence-corrected chi connectivity index (χ0v) is 6.60. The molecule has 1 aliphatic heterocycles. The summed E-state index contributed by atoms with van der Waals surface area (Å²) in [5.74, 6) is -0.586. The third-order valence-corrected chi connectivity index (χ3v) is 1.78. The van der Waals surface area contributed by atoms with E-state index in [1.807, 2.05) is 0 Å². The Kier molecular flexibility index (Phi) is 2.49. The molecule has 6 heteroatoms. The van der Waals surface area contributed by atoms with Gasteiger partial charge < -0.3 is 10.2 Å². The summed E-state index contributed by atoms with van der Waals surface area (Å²) in [6.07, 6.45) is 0. The van der Waals surface area contributed by atoms with Crippen molar-refractivity contribution in [1.82, 2.24) is 4.90 Å². The van der Waals surface area contributed by atoms with Gasteiger partial charge in [0.15, 0.2) is 13.3 Å². The topological polar surface area (TPSA) is 89.8 Å². The highest BCUT2D eigenvalue weighted by Crippen LogP contribution is 1.95. The molecule has 0 unspecified atom stereocenters. The molecule has 0 aromatic heterocycles. The number of nitrogens with zero attached hydrogens (tertiary/aromatic N) is 2. The molecule has 0 aromatic carbocycles. The summed E-state index contributed by atoms with van der Waals surface area (Å²) in [4.78, 5) is 11.8. The van der Waals surface area contributed by atoms with Crippen LogP contribution in [0.1, 0.15) is 0 Å². The number of carbonyl (C=O) groups is 1. The molecule has 0 spiro atoms. The fourth-order valence-corrected chi connectivity index (χ4v) is 1.14. The molecular formula is C6H12N3O3+. The van der Waals surface area contributed by atoms with Crippen molar-refractivity contribution in [2.24, 2.45) is 5.73 Å². The normalized spacial score (nSPS) is 17.2. The molecule has 12 heavy (non-hydrogen) atoms. The number of rotatable bonds is 3. The Morgan fingerprint density at radius 3 is 2.83 bits per heavy atom. The van der Waals surface area contributed by atoms with E-state index in [2.05, 4.69) is 0 Å². The molecule has 1 aliphatic rings. The van der Waals surface area contributed by atoms with Gasteiger partial charge in [0.1, 0.15) is 0 Å². The number of carboxylic acids is 1. The molecule has 1 rings (SSSR count). The van der Waals surface area contributed by atoms with Crippen LogP contribution >= 0.6 is 0 Å². The summed E-state index contributed by atoms with van der Waals surface area (Å²) in [5.41, 5.74) is 5.53. The molecule has 6 nitrogen and oxygen atoms in total. The Bertz CT molecular complexity index is 226. The van der Waals surface area contributed by atoms with Crippen LogP contribution in [0, 0.1) is 0 Å². The zero-order chi connectivity index (χ0) is 9.14. The van der Waals surface area contributed by atoms with E-state index < -0.39 is 5.97 Å². The van der Waals surface area contributed by atoms with E-state index in [-0.39, 0.29) is 13.3 Å². The minimum absolute atomic E-state index is 0.109. The van der Waals surface area contributed by atoms with Gasteiger partial charge in [-0.2, -0.15) is 0 Å². The maximum Gasteiger partial charge on any atom is 0.348 e. The molecule has 0 aliphatic carbocycles. The summed E-state index contributed by atoms with van der Waals surface area (Å²) in [5, 5.41) is 17.2. The Morgan fingerprint density at radius 2 is 2.42 bits per heavy atom. The van der Waals surface area contributed by atoms with E-state index in [0.29, 0.717) is 19.0 Å². The van der Waals surface area contributed by atoms with Crippen molar-refractivity contribution in [3.05, 3.63) is 0 Å². The van der Waals surface area contributed by atoms with Crippen LogP contribution in [0.2, 0.25) is 0 Å². The van der Waals surface area contributed by atoms with Gasteiger partial charge in [-0.25, -0.2) is 9.69 Å². The molecule has 0 radical (unpaired) electrons.